The molecule has 0 aliphatic heterocycles. The van der Waals surface area contributed by atoms with Crippen LogP contribution in [0, 0.1) is 12.3 Å². The molecule has 6 nitrogen and oxygen atoms in total. The quantitative estimate of drug-likeness (QED) is 0.557. The van der Waals surface area contributed by atoms with Crippen molar-refractivity contribution < 1.29 is 14.3 Å². The van der Waals surface area contributed by atoms with Crippen LogP contribution in [0.2, 0.25) is 0 Å². The molecule has 1 heterocycles. The molecule has 0 bridgehead atoms. The average Bonchev–Trinajstić information content (AvgIpc) is 3.11. The standard InChI is InChI=1S/C25H30N2O4/c1-17-3-5-18(6-4-17)16-24(2)9-11-25(30,12-10-24)13-14-26-22(28)19-7-8-20-21(15-19)31-23(29)27-20/h3-8,15,30H,9-14,16H2,1-2H3,(H,26,28)(H,27,29). The molecule has 4 rings (SSSR count). The van der Waals surface area contributed by atoms with Crippen LogP contribution in [-0.2, 0) is 6.42 Å². The smallest absolute Gasteiger partial charge is 0.408 e. The Hall–Kier alpha value is -2.86. The van der Waals surface area contributed by atoms with Gasteiger partial charge in [-0.15, -0.1) is 0 Å². The second-order valence-electron chi connectivity index (χ2n) is 9.43. The zero-order valence-electron chi connectivity index (χ0n) is 18.2. The van der Waals surface area contributed by atoms with Gasteiger partial charge in [0.1, 0.15) is 0 Å². The van der Waals surface area contributed by atoms with Crippen LogP contribution in [0.25, 0.3) is 11.1 Å². The number of carbonyl (C=O) groups is 1. The number of hydrogen-bond acceptors (Lipinski definition) is 4. The van der Waals surface area contributed by atoms with E-state index < -0.39 is 11.4 Å². The Morgan fingerprint density at radius 2 is 1.84 bits per heavy atom. The van der Waals surface area contributed by atoms with Gasteiger partial charge >= 0.3 is 5.76 Å². The van der Waals surface area contributed by atoms with Gasteiger partial charge in [0.25, 0.3) is 5.91 Å². The van der Waals surface area contributed by atoms with Gasteiger partial charge in [-0.25, -0.2) is 4.79 Å². The van der Waals surface area contributed by atoms with E-state index in [2.05, 4.69) is 48.4 Å². The van der Waals surface area contributed by atoms with Gasteiger partial charge < -0.3 is 14.8 Å². The molecule has 164 valence electrons. The van der Waals surface area contributed by atoms with Crippen LogP contribution in [0.5, 0.6) is 0 Å². The number of H-pyrrole nitrogens is 1. The Kier molecular flexibility index (Phi) is 5.75. The van der Waals surface area contributed by atoms with E-state index in [1.165, 1.54) is 11.1 Å². The molecule has 0 unspecified atom stereocenters. The first kappa shape index (κ1) is 21.4. The second-order valence-corrected chi connectivity index (χ2v) is 9.43. The third kappa shape index (κ3) is 5.07. The van der Waals surface area contributed by atoms with Crippen molar-refractivity contribution in [2.45, 2.75) is 58.0 Å². The summed E-state index contributed by atoms with van der Waals surface area (Å²) in [5, 5.41) is 13.9. The summed E-state index contributed by atoms with van der Waals surface area (Å²) < 4.78 is 5.01. The highest BCUT2D eigenvalue weighted by molar-refractivity contribution is 5.96. The molecule has 0 saturated heterocycles. The minimum absolute atomic E-state index is 0.195. The molecule has 6 heteroatoms. The third-order valence-electron chi connectivity index (χ3n) is 6.70. The number of carbonyl (C=O) groups excluding carboxylic acids is 1. The van der Waals surface area contributed by atoms with E-state index in [0.717, 1.165) is 32.1 Å². The first-order valence-corrected chi connectivity index (χ1v) is 10.9. The lowest BCUT2D eigenvalue weighted by Gasteiger charge is -2.42. The Balaban J connectivity index is 1.28. The molecule has 3 aromatic rings. The maximum atomic E-state index is 12.4. The maximum absolute atomic E-state index is 12.4. The molecule has 1 aromatic heterocycles. The lowest BCUT2D eigenvalue weighted by Crippen LogP contribution is -2.41. The largest absolute Gasteiger partial charge is 0.417 e. The number of rotatable bonds is 6. The predicted octanol–water partition coefficient (Wildman–Crippen LogP) is 4.10. The topological polar surface area (TPSA) is 95.3 Å². The van der Waals surface area contributed by atoms with E-state index >= 15 is 0 Å². The number of aromatic amines is 1. The zero-order chi connectivity index (χ0) is 22.1. The molecule has 1 fully saturated rings. The maximum Gasteiger partial charge on any atom is 0.417 e. The summed E-state index contributed by atoms with van der Waals surface area (Å²) in [5.41, 5.74) is 3.42. The van der Waals surface area contributed by atoms with Crippen molar-refractivity contribution in [2.75, 3.05) is 6.54 Å². The SMILES string of the molecule is Cc1ccc(CC2(C)CCC(O)(CCNC(=O)c3ccc4[nH]c(=O)oc4c3)CC2)cc1. The molecule has 1 amide bonds. The Bertz CT molecular complexity index is 1120. The summed E-state index contributed by atoms with van der Waals surface area (Å²) in [5.74, 6) is -0.782. The minimum Gasteiger partial charge on any atom is -0.408 e. The number of amides is 1. The normalized spacial score (nSPS) is 23.7. The van der Waals surface area contributed by atoms with Crippen LogP contribution >= 0.6 is 0 Å². The average molecular weight is 423 g/mol. The number of benzene rings is 2. The number of nitrogens with one attached hydrogen (secondary N) is 2. The van der Waals surface area contributed by atoms with Crippen LogP contribution < -0.4 is 11.1 Å². The molecule has 0 radical (unpaired) electrons. The van der Waals surface area contributed by atoms with E-state index in [0.29, 0.717) is 29.6 Å². The summed E-state index contributed by atoms with van der Waals surface area (Å²) in [6, 6.07) is 13.6. The summed E-state index contributed by atoms with van der Waals surface area (Å²) in [6.07, 6.45) is 4.97. The van der Waals surface area contributed by atoms with Crippen LogP contribution in [0.15, 0.2) is 51.7 Å². The zero-order valence-corrected chi connectivity index (χ0v) is 18.2. The second kappa shape index (κ2) is 8.35. The summed E-state index contributed by atoms with van der Waals surface area (Å²) >= 11 is 0. The summed E-state index contributed by atoms with van der Waals surface area (Å²) in [4.78, 5) is 26.3. The van der Waals surface area contributed by atoms with Crippen molar-refractivity contribution in [1.82, 2.24) is 10.3 Å². The van der Waals surface area contributed by atoms with Gasteiger partial charge in [0.15, 0.2) is 5.58 Å². The molecule has 31 heavy (non-hydrogen) atoms. The van der Waals surface area contributed by atoms with Crippen molar-refractivity contribution in [3.05, 3.63) is 69.7 Å². The highest BCUT2D eigenvalue weighted by Crippen LogP contribution is 2.44. The van der Waals surface area contributed by atoms with Gasteiger partial charge in [-0.2, -0.15) is 0 Å². The predicted molar refractivity (Wildman–Crippen MR) is 120 cm³/mol. The molecule has 1 aliphatic rings. The first-order valence-electron chi connectivity index (χ1n) is 10.9. The lowest BCUT2D eigenvalue weighted by molar-refractivity contribution is -0.0351. The molecular weight excluding hydrogens is 392 g/mol. The van der Waals surface area contributed by atoms with Gasteiger partial charge in [0.2, 0.25) is 0 Å². The van der Waals surface area contributed by atoms with Gasteiger partial charge in [0, 0.05) is 12.1 Å². The van der Waals surface area contributed by atoms with Crippen LogP contribution in [0.3, 0.4) is 0 Å². The van der Waals surface area contributed by atoms with Crippen molar-refractivity contribution in [3.63, 3.8) is 0 Å². The highest BCUT2D eigenvalue weighted by Gasteiger charge is 2.38. The number of aryl methyl sites for hydroxylation is 1. The molecule has 2 aromatic carbocycles. The molecule has 0 spiro atoms. The van der Waals surface area contributed by atoms with Gasteiger partial charge in [-0.3, -0.25) is 9.78 Å². The van der Waals surface area contributed by atoms with Crippen LogP contribution in [0.1, 0.15) is 60.5 Å². The van der Waals surface area contributed by atoms with E-state index in [1.54, 1.807) is 18.2 Å². The van der Waals surface area contributed by atoms with Crippen LogP contribution in [-0.4, -0.2) is 28.1 Å². The van der Waals surface area contributed by atoms with Crippen molar-refractivity contribution in [3.8, 4) is 0 Å². The monoisotopic (exact) mass is 422 g/mol. The van der Waals surface area contributed by atoms with Crippen molar-refractivity contribution in [2.24, 2.45) is 5.41 Å². The Morgan fingerprint density at radius 1 is 1.13 bits per heavy atom. The van der Waals surface area contributed by atoms with Gasteiger partial charge in [-0.05, 0) is 74.6 Å². The van der Waals surface area contributed by atoms with Crippen LogP contribution in [0.4, 0.5) is 0 Å². The lowest BCUT2D eigenvalue weighted by atomic mass is 9.66. The number of aliphatic hydroxyl groups is 1. The highest BCUT2D eigenvalue weighted by atomic mass is 16.4. The van der Waals surface area contributed by atoms with E-state index in [9.17, 15) is 14.7 Å². The third-order valence-corrected chi connectivity index (χ3v) is 6.70. The number of fused-ring (bicyclic) bond motifs is 1. The molecule has 1 saturated carbocycles. The fraction of sp³-hybridized carbons (Fsp3) is 0.440. The summed E-state index contributed by atoms with van der Waals surface area (Å²) in [7, 11) is 0. The Morgan fingerprint density at radius 3 is 2.55 bits per heavy atom. The fourth-order valence-electron chi connectivity index (χ4n) is 4.54. The molecular formula is C25H30N2O4. The first-order chi connectivity index (χ1) is 14.7. The van der Waals surface area contributed by atoms with E-state index in [1.807, 2.05) is 0 Å². The molecule has 1 aliphatic carbocycles. The van der Waals surface area contributed by atoms with Crippen molar-refractivity contribution in [1.29, 1.82) is 0 Å². The van der Waals surface area contributed by atoms with E-state index in [4.69, 9.17) is 4.42 Å². The van der Waals surface area contributed by atoms with Gasteiger partial charge in [-0.1, -0.05) is 36.8 Å². The molecule has 0 atom stereocenters. The minimum atomic E-state index is -0.739. The van der Waals surface area contributed by atoms with E-state index in [-0.39, 0.29) is 11.3 Å². The van der Waals surface area contributed by atoms with Gasteiger partial charge in [0.05, 0.1) is 11.1 Å². The number of hydrogen-bond donors (Lipinski definition) is 3. The number of oxazole rings is 1. The number of aromatic nitrogens is 1. The van der Waals surface area contributed by atoms with Crippen molar-refractivity contribution >= 4 is 17.0 Å². The fourth-order valence-corrected chi connectivity index (χ4v) is 4.54. The Labute approximate surface area is 181 Å². The molecule has 3 N–H and O–H groups in total. The summed E-state index contributed by atoms with van der Waals surface area (Å²) in [6.45, 7) is 4.81.